The molecule has 4 rings (SSSR count). The summed E-state index contributed by atoms with van der Waals surface area (Å²) in [5, 5.41) is 37.0. The number of amides is 4. The highest BCUT2D eigenvalue weighted by Gasteiger charge is 2.45. The molecule has 2 atom stereocenters. The lowest BCUT2D eigenvalue weighted by atomic mass is 9.81. The Labute approximate surface area is 455 Å². The van der Waals surface area contributed by atoms with Gasteiger partial charge in [0.15, 0.2) is 5.71 Å². The summed E-state index contributed by atoms with van der Waals surface area (Å²) in [6.45, 7) is 11.8. The maximum Gasteiger partial charge on any atom is 0.326 e. The van der Waals surface area contributed by atoms with Crippen LogP contribution in [-0.2, 0) is 64.5 Å². The molecule has 78 heavy (non-hydrogen) atoms. The molecular formula is C53H72N6O17S2. The minimum Gasteiger partial charge on any atom is -0.744 e. The van der Waals surface area contributed by atoms with E-state index in [-0.39, 0.29) is 80.9 Å². The van der Waals surface area contributed by atoms with Gasteiger partial charge in [-0.2, -0.15) is 13.0 Å². The number of urea groups is 1. The Balaban J connectivity index is 1.16. The maximum atomic E-state index is 12.6. The second kappa shape index (κ2) is 29.3. The second-order valence-corrected chi connectivity index (χ2v) is 22.3. The lowest BCUT2D eigenvalue weighted by molar-refractivity contribution is -0.438. The van der Waals surface area contributed by atoms with Crippen molar-refractivity contribution in [3.8, 4) is 0 Å². The van der Waals surface area contributed by atoms with Gasteiger partial charge in [0.25, 0.3) is 10.1 Å². The number of carbonyl (C=O) groups is 6. The smallest absolute Gasteiger partial charge is 0.326 e. The molecule has 2 aliphatic heterocycles. The first-order chi connectivity index (χ1) is 36.7. The zero-order valence-electron chi connectivity index (χ0n) is 44.5. The van der Waals surface area contributed by atoms with Crippen LogP contribution in [0.2, 0.25) is 0 Å². The molecule has 428 valence electrons. The lowest BCUT2D eigenvalue weighted by Gasteiger charge is -2.25. The molecule has 0 aliphatic carbocycles. The van der Waals surface area contributed by atoms with Crippen molar-refractivity contribution in [2.24, 2.45) is 0 Å². The molecule has 2 aromatic carbocycles. The summed E-state index contributed by atoms with van der Waals surface area (Å²) in [6.07, 6.45) is 15.4. The number of unbranched alkanes of at least 4 members (excludes halogenated alkanes) is 3. The molecular weight excluding hydrogens is 1060 g/mol. The first kappa shape index (κ1) is 63.8. The Morgan fingerprint density at radius 2 is 1.33 bits per heavy atom. The fourth-order valence-corrected chi connectivity index (χ4v) is 10.1. The molecule has 2 heterocycles. The van der Waals surface area contributed by atoms with Crippen LogP contribution in [0.15, 0.2) is 94.4 Å². The van der Waals surface area contributed by atoms with Crippen LogP contribution >= 0.6 is 0 Å². The van der Waals surface area contributed by atoms with Crippen LogP contribution < -0.4 is 26.2 Å². The first-order valence-electron chi connectivity index (χ1n) is 25.5. The summed E-state index contributed by atoms with van der Waals surface area (Å²) in [5.74, 6) is -4.63. The van der Waals surface area contributed by atoms with Crippen LogP contribution in [-0.4, -0.2) is 152 Å². The normalized spacial score (nSPS) is 16.1. The van der Waals surface area contributed by atoms with E-state index < -0.39 is 79.4 Å². The number of benzene rings is 2. The average Bonchev–Trinajstić information content (AvgIpc) is 3.88. The number of carbonyl (C=O) groups excluding carboxylic acids is 3. The number of allylic oxidation sites excluding steroid dienone is 8. The molecule has 23 nitrogen and oxygen atoms in total. The molecule has 0 aromatic heterocycles. The Morgan fingerprint density at radius 1 is 0.705 bits per heavy atom. The third kappa shape index (κ3) is 18.7. The number of nitrogens with zero attached hydrogens (tertiary/aromatic N) is 2. The van der Waals surface area contributed by atoms with Gasteiger partial charge < -0.3 is 55.5 Å². The van der Waals surface area contributed by atoms with Crippen LogP contribution in [0.25, 0.3) is 0 Å². The van der Waals surface area contributed by atoms with Crippen molar-refractivity contribution in [3.05, 3.63) is 95.8 Å². The van der Waals surface area contributed by atoms with Gasteiger partial charge in [-0.15, -0.1) is 0 Å². The predicted molar refractivity (Wildman–Crippen MR) is 286 cm³/mol. The third-order valence-corrected chi connectivity index (χ3v) is 14.8. The fraction of sp³-hybridized carbons (Fsp3) is 0.491. The molecule has 0 bridgehead atoms. The third-order valence-electron chi connectivity index (χ3n) is 13.1. The van der Waals surface area contributed by atoms with E-state index in [1.807, 2.05) is 77.2 Å². The van der Waals surface area contributed by atoms with Crippen molar-refractivity contribution < 1.29 is 84.1 Å². The topological polar surface area (TPSA) is 348 Å². The van der Waals surface area contributed by atoms with Gasteiger partial charge in [-0.3, -0.25) is 18.9 Å². The summed E-state index contributed by atoms with van der Waals surface area (Å²) in [6, 6.07) is 5.09. The van der Waals surface area contributed by atoms with Gasteiger partial charge in [-0.05, 0) is 101 Å². The van der Waals surface area contributed by atoms with Gasteiger partial charge in [-0.1, -0.05) is 44.2 Å². The summed E-state index contributed by atoms with van der Waals surface area (Å²) in [5.41, 5.74) is 3.78. The zero-order chi connectivity index (χ0) is 57.8. The molecule has 2 aliphatic rings. The Bertz CT molecular complexity index is 2890. The summed E-state index contributed by atoms with van der Waals surface area (Å²) < 4.78 is 82.3. The van der Waals surface area contributed by atoms with E-state index in [9.17, 15) is 64.9 Å². The quantitative estimate of drug-likeness (QED) is 0.0209. The zero-order valence-corrected chi connectivity index (χ0v) is 46.1. The number of carboxylic acid groups (broad SMARTS) is 3. The molecule has 25 heteroatoms. The van der Waals surface area contributed by atoms with Crippen LogP contribution in [0.3, 0.4) is 0 Å². The van der Waals surface area contributed by atoms with Gasteiger partial charge >= 0.3 is 23.9 Å². The number of carboxylic acids is 3. The molecule has 2 aromatic rings. The number of aliphatic carboxylic acids is 3. The van der Waals surface area contributed by atoms with Crippen molar-refractivity contribution in [1.29, 1.82) is 0 Å². The van der Waals surface area contributed by atoms with Crippen molar-refractivity contribution in [2.45, 2.75) is 125 Å². The predicted octanol–water partition coefficient (Wildman–Crippen LogP) is 4.65. The SMILES string of the molecule is CCN1/C(=C/C=C/C=C/C=C/C2=[N+](CCCCCC(=O)NCCOCCOCC(=O)NCCCC[C@H](NC(=O)N[C@@H](CCC(=O)O)C(=O)O)C(=O)O)c3ccc(S(=O)(=O)O)cc3C2(C)C)C(C)(C)c2cc(S(=O)(=O)[O-])ccc21. The minimum atomic E-state index is -4.62. The number of rotatable bonds is 33. The lowest BCUT2D eigenvalue weighted by Crippen LogP contribution is -2.51. The largest absolute Gasteiger partial charge is 0.744 e. The second-order valence-electron chi connectivity index (χ2n) is 19.5. The first-order valence-corrected chi connectivity index (χ1v) is 28.3. The molecule has 8 N–H and O–H groups in total. The number of nitrogens with one attached hydrogen (secondary N) is 4. The van der Waals surface area contributed by atoms with E-state index in [4.69, 9.17) is 14.6 Å². The van der Waals surface area contributed by atoms with Crippen molar-refractivity contribution in [1.82, 2.24) is 21.3 Å². The molecule has 0 unspecified atom stereocenters. The maximum absolute atomic E-state index is 12.6. The fourth-order valence-electron chi connectivity index (χ4n) is 9.05. The number of likely N-dealkylation sites (N-methyl/N-ethyl adjacent to an activating group) is 1. The van der Waals surface area contributed by atoms with E-state index >= 15 is 0 Å². The average molecular weight is 1130 g/mol. The van der Waals surface area contributed by atoms with Crippen LogP contribution in [0, 0.1) is 0 Å². The van der Waals surface area contributed by atoms with E-state index in [2.05, 4.69) is 30.7 Å². The van der Waals surface area contributed by atoms with Crippen LogP contribution in [0.1, 0.15) is 104 Å². The summed E-state index contributed by atoms with van der Waals surface area (Å²) in [7, 11) is -9.07. The highest BCUT2D eigenvalue weighted by Crippen LogP contribution is 2.48. The molecule has 4 amide bonds. The van der Waals surface area contributed by atoms with Gasteiger partial charge in [0.05, 0.1) is 35.0 Å². The van der Waals surface area contributed by atoms with Crippen LogP contribution in [0.4, 0.5) is 16.2 Å². The highest BCUT2D eigenvalue weighted by atomic mass is 32.2. The molecule has 0 saturated carbocycles. The van der Waals surface area contributed by atoms with Gasteiger partial charge in [-0.25, -0.2) is 22.8 Å². The summed E-state index contributed by atoms with van der Waals surface area (Å²) >= 11 is 0. The minimum absolute atomic E-state index is 0.0204. The number of hydrogen-bond acceptors (Lipinski definition) is 14. The molecule has 0 radical (unpaired) electrons. The molecule has 0 saturated heterocycles. The van der Waals surface area contributed by atoms with Crippen LogP contribution in [0.5, 0.6) is 0 Å². The monoisotopic (exact) mass is 1130 g/mol. The van der Waals surface area contributed by atoms with E-state index in [1.165, 1.54) is 24.3 Å². The van der Waals surface area contributed by atoms with Crippen molar-refractivity contribution in [3.63, 3.8) is 0 Å². The molecule has 0 fully saturated rings. The van der Waals surface area contributed by atoms with Gasteiger partial charge in [0, 0.05) is 73.4 Å². The highest BCUT2D eigenvalue weighted by molar-refractivity contribution is 7.86. The van der Waals surface area contributed by atoms with Gasteiger partial charge in [0.1, 0.15) is 35.4 Å². The van der Waals surface area contributed by atoms with Crippen molar-refractivity contribution >= 4 is 73.1 Å². The van der Waals surface area contributed by atoms with Gasteiger partial charge in [0.2, 0.25) is 17.5 Å². The number of ether oxygens (including phenoxy) is 2. The van der Waals surface area contributed by atoms with E-state index in [0.717, 1.165) is 40.3 Å². The number of hydrogen-bond donors (Lipinski definition) is 8. The number of anilines is 1. The summed E-state index contributed by atoms with van der Waals surface area (Å²) in [4.78, 5) is 72.1. The number of fused-ring (bicyclic) bond motifs is 2. The van der Waals surface area contributed by atoms with Crippen molar-refractivity contribution in [2.75, 3.05) is 57.5 Å². The Morgan fingerprint density at radius 3 is 1.99 bits per heavy atom. The standard InChI is InChI=1S/C53H72N6O17S2/c1-6-58-42-24-21-36(77(69,70)71)33-38(42)52(2,3)44(58)18-11-8-7-9-12-19-45-53(4,5)39-34-37(78(72,73)74)22-25-43(39)59(45)29-16-10-13-20-46(60)55-28-30-75-31-32-76-35-47(61)54-27-15-14-17-40(49(64)65)56-51(68)57-41(50(66)67)23-26-48(62)63/h7-9,11-12,18-19,21-22,24-25,33-34,40-41H,6,10,13-17,20,23,26-32,35H2,1-5H3,(H8-,54,55,56,57,60,61,62,63,64,65,66,67,68,69,70,71,72,73,74)/t40-,41-/m0/s1. The Hall–Kier alpha value is -6.77. The van der Waals surface area contributed by atoms with E-state index in [0.29, 0.717) is 32.4 Å². The van der Waals surface area contributed by atoms with E-state index in [1.54, 1.807) is 12.1 Å². The molecule has 0 spiro atoms. The Kier molecular flexibility index (Phi) is 23.9.